The molecule has 23 heavy (non-hydrogen) atoms. The molecule has 1 aromatic carbocycles. The van der Waals surface area contributed by atoms with Gasteiger partial charge < -0.3 is 15.1 Å². The number of anilines is 1. The third kappa shape index (κ3) is 5.34. The lowest BCUT2D eigenvalue weighted by molar-refractivity contribution is -0.143. The molecule has 1 aromatic rings. The van der Waals surface area contributed by atoms with Crippen molar-refractivity contribution >= 4 is 17.6 Å². The van der Waals surface area contributed by atoms with E-state index < -0.39 is 54.2 Å². The summed E-state index contributed by atoms with van der Waals surface area (Å²) in [6.07, 6.45) is -10.2. The molecule has 0 atom stereocenters. The molecular formula is C12H9F6NO4. The van der Waals surface area contributed by atoms with E-state index in [1.54, 1.807) is 0 Å². The quantitative estimate of drug-likeness (QED) is 0.803. The molecule has 0 spiro atoms. The Hall–Kier alpha value is -2.46. The summed E-state index contributed by atoms with van der Waals surface area (Å²) in [5.74, 6) is -3.23. The number of hydrogen-bond donors (Lipinski definition) is 2. The van der Waals surface area contributed by atoms with Gasteiger partial charge in [0.1, 0.15) is 13.1 Å². The Bertz CT molecular complexity index is 562. The lowest BCUT2D eigenvalue weighted by Crippen LogP contribution is -2.34. The van der Waals surface area contributed by atoms with Crippen LogP contribution >= 0.6 is 0 Å². The van der Waals surface area contributed by atoms with Gasteiger partial charge in [-0.3, -0.25) is 9.59 Å². The number of aliphatic carboxylic acids is 2. The van der Waals surface area contributed by atoms with E-state index in [1.807, 2.05) is 0 Å². The van der Waals surface area contributed by atoms with Crippen molar-refractivity contribution in [2.75, 3.05) is 18.0 Å². The van der Waals surface area contributed by atoms with Crippen LogP contribution in [0.15, 0.2) is 18.2 Å². The second-order valence-electron chi connectivity index (χ2n) is 4.41. The molecule has 0 amide bonds. The first kappa shape index (κ1) is 18.6. The van der Waals surface area contributed by atoms with E-state index >= 15 is 0 Å². The number of alkyl halides is 6. The molecule has 0 bridgehead atoms. The van der Waals surface area contributed by atoms with Crippen molar-refractivity contribution < 1.29 is 46.1 Å². The van der Waals surface area contributed by atoms with E-state index in [1.165, 1.54) is 0 Å². The van der Waals surface area contributed by atoms with E-state index in [4.69, 9.17) is 10.2 Å². The number of rotatable bonds is 5. The van der Waals surface area contributed by atoms with Crippen LogP contribution in [-0.2, 0) is 21.9 Å². The molecule has 2 N–H and O–H groups in total. The topological polar surface area (TPSA) is 77.8 Å². The molecule has 5 nitrogen and oxygen atoms in total. The number of benzene rings is 1. The van der Waals surface area contributed by atoms with Gasteiger partial charge in [-0.1, -0.05) is 0 Å². The first-order valence-electron chi connectivity index (χ1n) is 5.78. The molecule has 0 heterocycles. The summed E-state index contributed by atoms with van der Waals surface area (Å²) >= 11 is 0. The molecule has 0 aliphatic carbocycles. The second-order valence-corrected chi connectivity index (χ2v) is 4.41. The zero-order chi connectivity index (χ0) is 18.0. The molecule has 0 aliphatic rings. The molecule has 1 rings (SSSR count). The van der Waals surface area contributed by atoms with Gasteiger partial charge in [-0.05, 0) is 18.2 Å². The Labute approximate surface area is 124 Å². The van der Waals surface area contributed by atoms with Crippen molar-refractivity contribution in [3.8, 4) is 0 Å². The van der Waals surface area contributed by atoms with Crippen molar-refractivity contribution in [3.63, 3.8) is 0 Å². The fourth-order valence-electron chi connectivity index (χ4n) is 1.69. The molecular weight excluding hydrogens is 336 g/mol. The summed E-state index contributed by atoms with van der Waals surface area (Å²) in [5, 5.41) is 17.3. The third-order valence-corrected chi connectivity index (χ3v) is 2.59. The van der Waals surface area contributed by atoms with Gasteiger partial charge in [-0.2, -0.15) is 26.3 Å². The number of hydrogen-bond acceptors (Lipinski definition) is 3. The number of carboxylic acid groups (broad SMARTS) is 2. The first-order valence-corrected chi connectivity index (χ1v) is 5.78. The largest absolute Gasteiger partial charge is 0.480 e. The summed E-state index contributed by atoms with van der Waals surface area (Å²) in [6.45, 7) is -2.16. The fraction of sp³-hybridized carbons (Fsp3) is 0.333. The van der Waals surface area contributed by atoms with E-state index in [-0.39, 0.29) is 18.2 Å². The van der Waals surface area contributed by atoms with Crippen LogP contribution in [0.4, 0.5) is 32.0 Å². The molecule has 128 valence electrons. The van der Waals surface area contributed by atoms with Gasteiger partial charge in [0.25, 0.3) is 0 Å². The van der Waals surface area contributed by atoms with Crippen LogP contribution in [0, 0.1) is 0 Å². The molecule has 0 aliphatic heterocycles. The highest BCUT2D eigenvalue weighted by Crippen LogP contribution is 2.38. The monoisotopic (exact) mass is 345 g/mol. The Morgan fingerprint density at radius 2 is 1.17 bits per heavy atom. The van der Waals surface area contributed by atoms with Crippen LogP contribution < -0.4 is 4.90 Å². The van der Waals surface area contributed by atoms with Gasteiger partial charge in [0.2, 0.25) is 0 Å². The van der Waals surface area contributed by atoms with Crippen LogP contribution in [0.3, 0.4) is 0 Å². The number of carboxylic acids is 2. The zero-order valence-electron chi connectivity index (χ0n) is 11.1. The number of nitrogens with zero attached hydrogens (tertiary/aromatic N) is 1. The fourth-order valence-corrected chi connectivity index (χ4v) is 1.69. The number of carbonyl (C=O) groups is 2. The van der Waals surface area contributed by atoms with Gasteiger partial charge in [0, 0.05) is 5.69 Å². The molecule has 0 saturated heterocycles. The summed E-state index contributed by atoms with van der Waals surface area (Å²) in [6, 6.07) is 0.394. The minimum atomic E-state index is -5.12. The molecule has 0 saturated carbocycles. The summed E-state index contributed by atoms with van der Waals surface area (Å²) in [4.78, 5) is 21.7. The summed E-state index contributed by atoms with van der Waals surface area (Å²) in [7, 11) is 0. The smallest absolute Gasteiger partial charge is 0.416 e. The summed E-state index contributed by atoms with van der Waals surface area (Å²) in [5.41, 5.74) is -4.14. The molecule has 0 fully saturated rings. The van der Waals surface area contributed by atoms with Crippen LogP contribution in [0.2, 0.25) is 0 Å². The maximum Gasteiger partial charge on any atom is 0.416 e. The Morgan fingerprint density at radius 3 is 1.43 bits per heavy atom. The second kappa shape index (κ2) is 6.34. The Balaban J connectivity index is 3.46. The van der Waals surface area contributed by atoms with E-state index in [0.29, 0.717) is 4.90 Å². The minimum Gasteiger partial charge on any atom is -0.480 e. The van der Waals surface area contributed by atoms with Crippen molar-refractivity contribution in [2.45, 2.75) is 12.4 Å². The maximum absolute atomic E-state index is 12.7. The number of halogens is 6. The maximum atomic E-state index is 12.7. The van der Waals surface area contributed by atoms with Gasteiger partial charge in [0.15, 0.2) is 0 Å². The molecule has 0 radical (unpaired) electrons. The van der Waals surface area contributed by atoms with E-state index in [2.05, 4.69) is 0 Å². The van der Waals surface area contributed by atoms with Gasteiger partial charge in [0.05, 0.1) is 11.1 Å². The van der Waals surface area contributed by atoms with Gasteiger partial charge >= 0.3 is 24.3 Å². The average Bonchev–Trinajstić information content (AvgIpc) is 2.34. The van der Waals surface area contributed by atoms with Crippen molar-refractivity contribution in [3.05, 3.63) is 29.3 Å². The van der Waals surface area contributed by atoms with Crippen LogP contribution in [0.1, 0.15) is 11.1 Å². The third-order valence-electron chi connectivity index (χ3n) is 2.59. The van der Waals surface area contributed by atoms with Crippen LogP contribution in [0.25, 0.3) is 0 Å². The highest BCUT2D eigenvalue weighted by atomic mass is 19.4. The summed E-state index contributed by atoms with van der Waals surface area (Å²) < 4.78 is 76.2. The zero-order valence-corrected chi connectivity index (χ0v) is 11.1. The lowest BCUT2D eigenvalue weighted by atomic mass is 10.1. The van der Waals surface area contributed by atoms with Crippen molar-refractivity contribution in [2.24, 2.45) is 0 Å². The van der Waals surface area contributed by atoms with E-state index in [9.17, 15) is 35.9 Å². The highest BCUT2D eigenvalue weighted by molar-refractivity contribution is 5.79. The van der Waals surface area contributed by atoms with Gasteiger partial charge in [-0.25, -0.2) is 0 Å². The van der Waals surface area contributed by atoms with Crippen LogP contribution in [-0.4, -0.2) is 35.2 Å². The molecule has 11 heteroatoms. The lowest BCUT2D eigenvalue weighted by Gasteiger charge is -2.23. The Kier molecular flexibility index (Phi) is 5.13. The minimum absolute atomic E-state index is 0.136. The van der Waals surface area contributed by atoms with Crippen LogP contribution in [0.5, 0.6) is 0 Å². The highest BCUT2D eigenvalue weighted by Gasteiger charge is 2.37. The predicted octanol–water partition coefficient (Wildman–Crippen LogP) is 2.70. The van der Waals surface area contributed by atoms with Gasteiger partial charge in [-0.15, -0.1) is 0 Å². The average molecular weight is 345 g/mol. The van der Waals surface area contributed by atoms with Crippen molar-refractivity contribution in [1.82, 2.24) is 0 Å². The SMILES string of the molecule is O=C(O)CN(CC(=O)O)c1cc(C(F)(F)F)cc(C(F)(F)F)c1. The normalized spacial score (nSPS) is 12.1. The molecule has 0 aromatic heterocycles. The first-order chi connectivity index (χ1) is 10.3. The predicted molar refractivity (Wildman–Crippen MR) is 63.9 cm³/mol. The molecule has 0 unspecified atom stereocenters. The van der Waals surface area contributed by atoms with Crippen molar-refractivity contribution in [1.29, 1.82) is 0 Å². The van der Waals surface area contributed by atoms with E-state index in [0.717, 1.165) is 0 Å². The Morgan fingerprint density at radius 1 is 0.826 bits per heavy atom. The standard InChI is InChI=1S/C12H9F6NO4/c13-11(14,15)6-1-7(12(16,17)18)3-8(2-6)19(4-9(20)21)5-10(22)23/h1-3H,4-5H2,(H,20,21)(H,22,23).